The largest absolute Gasteiger partial charge is 0.260 e. The summed E-state index contributed by atoms with van der Waals surface area (Å²) in [5, 5.41) is 5.29. The van der Waals surface area contributed by atoms with Crippen LogP contribution in [0.15, 0.2) is 72.8 Å². The lowest BCUT2D eigenvalue weighted by molar-refractivity contribution is 0.625. The molecule has 1 heterocycles. The van der Waals surface area contributed by atoms with E-state index in [2.05, 4.69) is 44.2 Å². The van der Waals surface area contributed by atoms with E-state index < -0.39 is 0 Å². The average Bonchev–Trinajstić information content (AvgIpc) is 3.08. The Bertz CT molecular complexity index is 1150. The number of hydrogen-bond donors (Lipinski definition) is 0. The highest BCUT2D eigenvalue weighted by molar-refractivity contribution is 6.31. The lowest BCUT2D eigenvalue weighted by Crippen LogP contribution is -2.05. The van der Waals surface area contributed by atoms with Gasteiger partial charge in [0.1, 0.15) is 5.82 Å². The quantitative estimate of drug-likeness (QED) is 0.380. The number of rotatable bonds is 4. The van der Waals surface area contributed by atoms with E-state index in [0.717, 1.165) is 28.1 Å². The fourth-order valence-corrected chi connectivity index (χ4v) is 3.64. The predicted octanol–water partition coefficient (Wildman–Crippen LogP) is 6.67. The van der Waals surface area contributed by atoms with E-state index in [4.69, 9.17) is 16.7 Å². The highest BCUT2D eigenvalue weighted by Crippen LogP contribution is 2.31. The molecular weight excluding hydrogens is 371 g/mol. The van der Waals surface area contributed by atoms with Crippen molar-refractivity contribution in [1.82, 2.24) is 9.78 Å². The molecule has 0 N–H and O–H groups in total. The van der Waals surface area contributed by atoms with Gasteiger partial charge in [0.05, 0.1) is 17.9 Å². The van der Waals surface area contributed by atoms with Crippen LogP contribution in [0, 0.1) is 19.7 Å². The fourth-order valence-electron chi connectivity index (χ4n) is 3.42. The maximum absolute atomic E-state index is 13.4. The van der Waals surface area contributed by atoms with E-state index in [-0.39, 0.29) is 5.82 Å². The minimum absolute atomic E-state index is 0.339. The number of hydrogen-bond acceptors (Lipinski definition) is 1. The Morgan fingerprint density at radius 2 is 1.50 bits per heavy atom. The van der Waals surface area contributed by atoms with Crippen molar-refractivity contribution < 1.29 is 4.39 Å². The van der Waals surface area contributed by atoms with Crippen LogP contribution < -0.4 is 0 Å². The van der Waals surface area contributed by atoms with Gasteiger partial charge >= 0.3 is 0 Å². The summed E-state index contributed by atoms with van der Waals surface area (Å²) in [6, 6.07) is 23.0. The van der Waals surface area contributed by atoms with Crippen molar-refractivity contribution in [3.8, 4) is 22.5 Å². The van der Waals surface area contributed by atoms with Crippen molar-refractivity contribution in [2.24, 2.45) is 0 Å². The van der Waals surface area contributed by atoms with Crippen LogP contribution >= 0.6 is 11.6 Å². The number of aryl methyl sites for hydroxylation is 2. The fraction of sp³-hybridized carbons (Fsp3) is 0.125. The molecule has 0 unspecified atom stereocenters. The van der Waals surface area contributed by atoms with Gasteiger partial charge in [0.25, 0.3) is 0 Å². The molecule has 4 aromatic rings. The van der Waals surface area contributed by atoms with Gasteiger partial charge in [-0.3, -0.25) is 4.68 Å². The minimum Gasteiger partial charge on any atom is -0.260 e. The van der Waals surface area contributed by atoms with E-state index in [1.165, 1.54) is 23.3 Å². The second-order valence-corrected chi connectivity index (χ2v) is 7.35. The van der Waals surface area contributed by atoms with Crippen LogP contribution in [-0.4, -0.2) is 9.78 Å². The number of benzene rings is 3. The Morgan fingerprint density at radius 1 is 0.857 bits per heavy atom. The molecule has 4 rings (SSSR count). The number of nitrogens with zero attached hydrogens (tertiary/aromatic N) is 2. The highest BCUT2D eigenvalue weighted by atomic mass is 35.5. The molecule has 4 heteroatoms. The molecule has 2 nitrogen and oxygen atoms in total. The monoisotopic (exact) mass is 390 g/mol. The lowest BCUT2D eigenvalue weighted by atomic mass is 10.0. The summed E-state index contributed by atoms with van der Waals surface area (Å²) in [7, 11) is 0. The zero-order valence-corrected chi connectivity index (χ0v) is 16.5. The van der Waals surface area contributed by atoms with Gasteiger partial charge < -0.3 is 0 Å². The Hall–Kier alpha value is -2.91. The van der Waals surface area contributed by atoms with Crippen molar-refractivity contribution in [1.29, 1.82) is 0 Å². The molecule has 0 amide bonds. The SMILES string of the molecule is Cc1ccccc1-c1cc(-c2ccccc2C)n(Cc2ccc(F)cc2Cl)n1. The Kier molecular flexibility index (Phi) is 5.01. The smallest absolute Gasteiger partial charge is 0.124 e. The molecule has 28 heavy (non-hydrogen) atoms. The molecule has 140 valence electrons. The topological polar surface area (TPSA) is 17.8 Å². The first-order chi connectivity index (χ1) is 13.5. The van der Waals surface area contributed by atoms with E-state index >= 15 is 0 Å². The van der Waals surface area contributed by atoms with Crippen molar-refractivity contribution in [2.75, 3.05) is 0 Å². The maximum Gasteiger partial charge on any atom is 0.124 e. The van der Waals surface area contributed by atoms with E-state index in [9.17, 15) is 4.39 Å². The molecule has 0 fully saturated rings. The van der Waals surface area contributed by atoms with Crippen molar-refractivity contribution in [2.45, 2.75) is 20.4 Å². The molecule has 0 aliphatic carbocycles. The van der Waals surface area contributed by atoms with E-state index in [0.29, 0.717) is 11.6 Å². The summed E-state index contributed by atoms with van der Waals surface area (Å²) in [6.45, 7) is 4.64. The third-order valence-corrected chi connectivity index (χ3v) is 5.31. The van der Waals surface area contributed by atoms with Crippen LogP contribution in [0.4, 0.5) is 4.39 Å². The zero-order chi connectivity index (χ0) is 19.7. The normalized spacial score (nSPS) is 11.0. The van der Waals surface area contributed by atoms with Gasteiger partial charge in [0, 0.05) is 16.1 Å². The second-order valence-electron chi connectivity index (χ2n) is 6.94. The molecule has 0 atom stereocenters. The lowest BCUT2D eigenvalue weighted by Gasteiger charge is -2.11. The molecule has 0 saturated carbocycles. The van der Waals surface area contributed by atoms with Crippen LogP contribution in [0.3, 0.4) is 0 Å². The minimum atomic E-state index is -0.339. The third-order valence-electron chi connectivity index (χ3n) is 4.96. The zero-order valence-electron chi connectivity index (χ0n) is 15.8. The van der Waals surface area contributed by atoms with Crippen LogP contribution in [0.25, 0.3) is 22.5 Å². The van der Waals surface area contributed by atoms with Crippen LogP contribution in [0.2, 0.25) is 5.02 Å². The first-order valence-corrected chi connectivity index (χ1v) is 9.54. The van der Waals surface area contributed by atoms with E-state index in [1.807, 2.05) is 28.9 Å². The number of halogens is 2. The standard InChI is InChI=1S/C24H20ClFN2/c1-16-7-3-5-9-20(16)23-14-24(21-10-6-4-8-17(21)2)28(27-23)15-18-11-12-19(26)13-22(18)25/h3-14H,15H2,1-2H3. The van der Waals surface area contributed by atoms with Gasteiger partial charge in [0.2, 0.25) is 0 Å². The molecule has 0 radical (unpaired) electrons. The molecular formula is C24H20ClFN2. The summed E-state index contributed by atoms with van der Waals surface area (Å²) in [5.74, 6) is -0.339. The van der Waals surface area contributed by atoms with Gasteiger partial charge in [-0.05, 0) is 48.7 Å². The summed E-state index contributed by atoms with van der Waals surface area (Å²) in [4.78, 5) is 0. The van der Waals surface area contributed by atoms with E-state index in [1.54, 1.807) is 6.07 Å². The average molecular weight is 391 g/mol. The van der Waals surface area contributed by atoms with Crippen LogP contribution in [0.1, 0.15) is 16.7 Å². The Balaban J connectivity index is 1.86. The summed E-state index contributed by atoms with van der Waals surface area (Å²) >= 11 is 6.28. The molecule has 0 aliphatic rings. The van der Waals surface area contributed by atoms with Crippen molar-refractivity contribution in [3.63, 3.8) is 0 Å². The number of aromatic nitrogens is 2. The second kappa shape index (κ2) is 7.61. The van der Waals surface area contributed by atoms with Gasteiger partial charge in [-0.25, -0.2) is 4.39 Å². The summed E-state index contributed by atoms with van der Waals surface area (Å²) < 4.78 is 15.4. The van der Waals surface area contributed by atoms with Gasteiger partial charge in [-0.15, -0.1) is 0 Å². The first-order valence-electron chi connectivity index (χ1n) is 9.17. The first kappa shape index (κ1) is 18.5. The van der Waals surface area contributed by atoms with Crippen LogP contribution in [0.5, 0.6) is 0 Å². The summed E-state index contributed by atoms with van der Waals surface area (Å²) in [5.41, 5.74) is 7.31. The van der Waals surface area contributed by atoms with Gasteiger partial charge in [0.15, 0.2) is 0 Å². The molecule has 0 aliphatic heterocycles. The van der Waals surface area contributed by atoms with Crippen molar-refractivity contribution >= 4 is 11.6 Å². The van der Waals surface area contributed by atoms with Gasteiger partial charge in [-0.2, -0.15) is 5.10 Å². The molecule has 0 saturated heterocycles. The third kappa shape index (κ3) is 3.58. The predicted molar refractivity (Wildman–Crippen MR) is 113 cm³/mol. The van der Waals surface area contributed by atoms with Gasteiger partial charge in [-0.1, -0.05) is 66.2 Å². The van der Waals surface area contributed by atoms with Crippen LogP contribution in [-0.2, 0) is 6.54 Å². The molecule has 3 aromatic carbocycles. The highest BCUT2D eigenvalue weighted by Gasteiger charge is 2.15. The Morgan fingerprint density at radius 3 is 2.14 bits per heavy atom. The molecule has 1 aromatic heterocycles. The summed E-state index contributed by atoms with van der Waals surface area (Å²) in [6.07, 6.45) is 0. The van der Waals surface area contributed by atoms with Crippen molar-refractivity contribution in [3.05, 3.63) is 100 Å². The molecule has 0 spiro atoms. The maximum atomic E-state index is 13.4. The Labute approximate surface area is 169 Å². The molecule has 0 bridgehead atoms.